The van der Waals surface area contributed by atoms with Crippen LogP contribution in [-0.4, -0.2) is 55.9 Å². The Labute approximate surface area is 156 Å². The van der Waals surface area contributed by atoms with Gasteiger partial charge < -0.3 is 19.3 Å². The van der Waals surface area contributed by atoms with Crippen molar-refractivity contribution in [3.05, 3.63) is 29.3 Å². The van der Waals surface area contributed by atoms with Crippen LogP contribution in [0.2, 0.25) is 0 Å². The summed E-state index contributed by atoms with van der Waals surface area (Å²) >= 11 is 0. The molecular formula is C20H30N2O4. The van der Waals surface area contributed by atoms with E-state index in [2.05, 4.69) is 4.90 Å². The number of benzene rings is 1. The highest BCUT2D eigenvalue weighted by atomic mass is 16.6. The predicted octanol–water partition coefficient (Wildman–Crippen LogP) is 3.62. The first-order valence-electron chi connectivity index (χ1n) is 9.02. The van der Waals surface area contributed by atoms with Gasteiger partial charge in [-0.25, -0.2) is 9.59 Å². The van der Waals surface area contributed by atoms with Crippen molar-refractivity contribution in [2.75, 3.05) is 32.1 Å². The van der Waals surface area contributed by atoms with Crippen LogP contribution in [0.3, 0.4) is 0 Å². The van der Waals surface area contributed by atoms with Crippen molar-refractivity contribution >= 4 is 17.7 Å². The van der Waals surface area contributed by atoms with E-state index in [-0.39, 0.29) is 12.1 Å². The molecule has 1 saturated heterocycles. The molecule has 0 radical (unpaired) electrons. The Morgan fingerprint density at radius 1 is 1.19 bits per heavy atom. The fraction of sp³-hybridized carbons (Fsp3) is 0.600. The molecule has 0 aromatic heterocycles. The highest BCUT2D eigenvalue weighted by Gasteiger charge is 2.28. The fourth-order valence-corrected chi connectivity index (χ4v) is 3.13. The zero-order chi connectivity index (χ0) is 19.5. The molecule has 1 aliphatic heterocycles. The molecule has 0 aliphatic carbocycles. The first-order chi connectivity index (χ1) is 12.1. The summed E-state index contributed by atoms with van der Waals surface area (Å²) < 4.78 is 10.3. The molecule has 144 valence electrons. The van der Waals surface area contributed by atoms with Crippen LogP contribution in [0.1, 0.15) is 49.5 Å². The van der Waals surface area contributed by atoms with Gasteiger partial charge in [0.2, 0.25) is 0 Å². The summed E-state index contributed by atoms with van der Waals surface area (Å²) in [5, 5.41) is 0. The zero-order valence-corrected chi connectivity index (χ0v) is 16.7. The molecule has 0 atom stereocenters. The number of carbonyl (C=O) groups excluding carboxylic acids is 2. The van der Waals surface area contributed by atoms with E-state index in [0.29, 0.717) is 24.7 Å². The quantitative estimate of drug-likeness (QED) is 0.769. The number of esters is 1. The normalized spacial score (nSPS) is 15.5. The maximum atomic E-state index is 12.2. The van der Waals surface area contributed by atoms with Crippen LogP contribution in [-0.2, 0) is 9.47 Å². The van der Waals surface area contributed by atoms with E-state index >= 15 is 0 Å². The highest BCUT2D eigenvalue weighted by Crippen LogP contribution is 2.25. The minimum Gasteiger partial charge on any atom is -0.465 e. The van der Waals surface area contributed by atoms with Gasteiger partial charge in [-0.15, -0.1) is 0 Å². The Hall–Kier alpha value is -2.24. The summed E-state index contributed by atoms with van der Waals surface area (Å²) in [6, 6.07) is 6.14. The van der Waals surface area contributed by atoms with Crippen LogP contribution in [0.5, 0.6) is 0 Å². The third-order valence-corrected chi connectivity index (χ3v) is 4.70. The molecule has 0 unspecified atom stereocenters. The molecule has 26 heavy (non-hydrogen) atoms. The number of amides is 1. The molecule has 1 amide bonds. The molecule has 0 saturated carbocycles. The number of carbonyl (C=O) groups is 2. The Balaban J connectivity index is 2.01. The van der Waals surface area contributed by atoms with Gasteiger partial charge in [-0.3, -0.25) is 0 Å². The molecule has 1 fully saturated rings. The molecular weight excluding hydrogens is 332 g/mol. The lowest BCUT2D eigenvalue weighted by Crippen LogP contribution is -2.47. The first kappa shape index (κ1) is 20.1. The Bertz CT molecular complexity index is 658. The molecule has 1 heterocycles. The second-order valence-electron chi connectivity index (χ2n) is 7.80. The molecule has 0 bridgehead atoms. The molecule has 1 aromatic rings. The molecule has 1 aliphatic rings. The minimum absolute atomic E-state index is 0.248. The van der Waals surface area contributed by atoms with Crippen molar-refractivity contribution in [2.24, 2.45) is 0 Å². The lowest BCUT2D eigenvalue weighted by molar-refractivity contribution is 0.0205. The van der Waals surface area contributed by atoms with Crippen LogP contribution < -0.4 is 4.90 Å². The van der Waals surface area contributed by atoms with Crippen LogP contribution in [0.4, 0.5) is 10.5 Å². The second-order valence-corrected chi connectivity index (χ2v) is 7.80. The third kappa shape index (κ3) is 4.90. The third-order valence-electron chi connectivity index (χ3n) is 4.70. The van der Waals surface area contributed by atoms with Gasteiger partial charge in [0, 0.05) is 31.9 Å². The first-order valence-corrected chi connectivity index (χ1v) is 9.02. The smallest absolute Gasteiger partial charge is 0.410 e. The SMILES string of the molecule is COC(=O)c1cc(N(C)C2CCN(C(=O)OC(C)(C)C)CC2)ccc1C. The van der Waals surface area contributed by atoms with E-state index in [1.807, 2.05) is 52.9 Å². The monoisotopic (exact) mass is 362 g/mol. The minimum atomic E-state index is -0.475. The van der Waals surface area contributed by atoms with Gasteiger partial charge in [0.15, 0.2) is 0 Å². The van der Waals surface area contributed by atoms with Crippen molar-refractivity contribution in [1.29, 1.82) is 0 Å². The molecule has 6 nitrogen and oxygen atoms in total. The topological polar surface area (TPSA) is 59.1 Å². The number of hydrogen-bond acceptors (Lipinski definition) is 5. The number of ether oxygens (including phenoxy) is 2. The Kier molecular flexibility index (Phi) is 6.16. The largest absolute Gasteiger partial charge is 0.465 e. The van der Waals surface area contributed by atoms with E-state index < -0.39 is 5.60 Å². The van der Waals surface area contributed by atoms with Gasteiger partial charge in [0.25, 0.3) is 0 Å². The Morgan fingerprint density at radius 2 is 1.81 bits per heavy atom. The van der Waals surface area contributed by atoms with Crippen LogP contribution >= 0.6 is 0 Å². The van der Waals surface area contributed by atoms with Crippen LogP contribution in [0.15, 0.2) is 18.2 Å². The van der Waals surface area contributed by atoms with Crippen molar-refractivity contribution in [3.63, 3.8) is 0 Å². The number of rotatable bonds is 3. The summed E-state index contributed by atoms with van der Waals surface area (Å²) in [4.78, 5) is 28.1. The summed E-state index contributed by atoms with van der Waals surface area (Å²) in [5.41, 5.74) is 1.99. The van der Waals surface area contributed by atoms with Crippen molar-refractivity contribution in [1.82, 2.24) is 4.90 Å². The maximum Gasteiger partial charge on any atom is 0.410 e. The standard InChI is InChI=1S/C20H30N2O4/c1-14-7-8-16(13-17(14)18(23)25-6)21(5)15-9-11-22(12-10-15)19(24)26-20(2,3)4/h7-8,13,15H,9-12H2,1-6H3. The van der Waals surface area contributed by atoms with E-state index in [9.17, 15) is 9.59 Å². The summed E-state index contributed by atoms with van der Waals surface area (Å²) in [6.07, 6.45) is 1.47. The van der Waals surface area contributed by atoms with Crippen molar-refractivity contribution in [3.8, 4) is 0 Å². The molecule has 0 N–H and O–H groups in total. The van der Waals surface area contributed by atoms with E-state index in [1.54, 1.807) is 4.90 Å². The van der Waals surface area contributed by atoms with Gasteiger partial charge >= 0.3 is 12.1 Å². The molecule has 2 rings (SSSR count). The molecule has 6 heteroatoms. The average molecular weight is 362 g/mol. The fourth-order valence-electron chi connectivity index (χ4n) is 3.13. The van der Waals surface area contributed by atoms with E-state index in [4.69, 9.17) is 9.47 Å². The number of aryl methyl sites for hydroxylation is 1. The van der Waals surface area contributed by atoms with Crippen LogP contribution in [0, 0.1) is 6.92 Å². The molecule has 0 spiro atoms. The summed E-state index contributed by atoms with van der Waals surface area (Å²) in [5.74, 6) is -0.322. The highest BCUT2D eigenvalue weighted by molar-refractivity contribution is 5.92. The number of methoxy groups -OCH3 is 1. The number of nitrogens with zero attached hydrogens (tertiary/aromatic N) is 2. The Morgan fingerprint density at radius 3 is 2.35 bits per heavy atom. The number of anilines is 1. The lowest BCUT2D eigenvalue weighted by atomic mass is 10.0. The van der Waals surface area contributed by atoms with Crippen molar-refractivity contribution < 1.29 is 19.1 Å². The molecule has 1 aromatic carbocycles. The van der Waals surface area contributed by atoms with Gasteiger partial charge in [-0.2, -0.15) is 0 Å². The number of piperidine rings is 1. The van der Waals surface area contributed by atoms with Crippen LogP contribution in [0.25, 0.3) is 0 Å². The maximum absolute atomic E-state index is 12.2. The van der Waals surface area contributed by atoms with Crippen molar-refractivity contribution in [2.45, 2.75) is 52.2 Å². The van der Waals surface area contributed by atoms with E-state index in [1.165, 1.54) is 7.11 Å². The van der Waals surface area contributed by atoms with Gasteiger partial charge in [0.1, 0.15) is 5.60 Å². The van der Waals surface area contributed by atoms with Gasteiger partial charge in [-0.05, 0) is 58.2 Å². The second kappa shape index (κ2) is 7.98. The predicted molar refractivity (Wildman–Crippen MR) is 102 cm³/mol. The average Bonchev–Trinajstić information content (AvgIpc) is 2.59. The van der Waals surface area contributed by atoms with E-state index in [0.717, 1.165) is 24.1 Å². The lowest BCUT2D eigenvalue weighted by Gasteiger charge is -2.38. The number of likely N-dealkylation sites (tertiary alicyclic amines) is 1. The van der Waals surface area contributed by atoms with Gasteiger partial charge in [0.05, 0.1) is 12.7 Å². The summed E-state index contributed by atoms with van der Waals surface area (Å²) in [6.45, 7) is 8.86. The van der Waals surface area contributed by atoms with Gasteiger partial charge in [-0.1, -0.05) is 6.07 Å². The number of hydrogen-bond donors (Lipinski definition) is 0. The zero-order valence-electron chi connectivity index (χ0n) is 16.7. The summed E-state index contributed by atoms with van der Waals surface area (Å²) in [7, 11) is 3.42.